The van der Waals surface area contributed by atoms with Gasteiger partial charge < -0.3 is 9.53 Å². The van der Waals surface area contributed by atoms with Crippen molar-refractivity contribution >= 4 is 6.29 Å². The predicted molar refractivity (Wildman–Crippen MR) is 96.6 cm³/mol. The van der Waals surface area contributed by atoms with Crippen LogP contribution >= 0.6 is 0 Å². The fourth-order valence-corrected chi connectivity index (χ4v) is 3.60. The molecule has 128 valence electrons. The van der Waals surface area contributed by atoms with Gasteiger partial charge in [0.25, 0.3) is 0 Å². The second-order valence-electron chi connectivity index (χ2n) is 8.36. The number of carbonyl (C=O) groups excluding carboxylic acids is 1. The van der Waals surface area contributed by atoms with E-state index in [1.807, 2.05) is 0 Å². The summed E-state index contributed by atoms with van der Waals surface area (Å²) < 4.78 is 6.07. The largest absolute Gasteiger partial charge is 0.493 e. The minimum absolute atomic E-state index is 0.182. The lowest BCUT2D eigenvalue weighted by molar-refractivity contribution is -0.108. The Bertz CT molecular complexity index is 569. The van der Waals surface area contributed by atoms with Crippen molar-refractivity contribution in [3.63, 3.8) is 0 Å². The molecule has 0 aliphatic heterocycles. The highest BCUT2D eigenvalue weighted by Gasteiger charge is 2.38. The molecule has 0 radical (unpaired) electrons. The molecule has 0 spiro atoms. The molecule has 2 rings (SSSR count). The molecule has 0 amide bonds. The van der Waals surface area contributed by atoms with E-state index in [0.29, 0.717) is 6.42 Å². The van der Waals surface area contributed by atoms with Crippen molar-refractivity contribution in [1.29, 1.82) is 0 Å². The maximum atomic E-state index is 11.0. The van der Waals surface area contributed by atoms with Gasteiger partial charge in [-0.05, 0) is 58.8 Å². The van der Waals surface area contributed by atoms with E-state index in [4.69, 9.17) is 4.74 Å². The Morgan fingerprint density at radius 3 is 2.22 bits per heavy atom. The van der Waals surface area contributed by atoms with Crippen molar-refractivity contribution in [2.24, 2.45) is 0 Å². The molecular formula is C21H32O2. The van der Waals surface area contributed by atoms with Crippen LogP contribution in [0.25, 0.3) is 0 Å². The van der Waals surface area contributed by atoms with Crippen LogP contribution in [-0.2, 0) is 15.6 Å². The number of benzene rings is 1. The molecule has 1 unspecified atom stereocenters. The number of aldehydes is 1. The molecule has 23 heavy (non-hydrogen) atoms. The van der Waals surface area contributed by atoms with Crippen molar-refractivity contribution in [2.75, 3.05) is 6.61 Å². The fourth-order valence-electron chi connectivity index (χ4n) is 3.60. The van der Waals surface area contributed by atoms with Crippen molar-refractivity contribution in [3.05, 3.63) is 28.8 Å². The zero-order valence-electron chi connectivity index (χ0n) is 15.7. The van der Waals surface area contributed by atoms with Gasteiger partial charge in [-0.25, -0.2) is 0 Å². The lowest BCUT2D eigenvalue weighted by Gasteiger charge is -2.42. The molecule has 0 fully saturated rings. The van der Waals surface area contributed by atoms with Gasteiger partial charge >= 0.3 is 0 Å². The predicted octanol–water partition coefficient (Wildman–Crippen LogP) is 5.52. The summed E-state index contributed by atoms with van der Waals surface area (Å²) in [6.45, 7) is 14.3. The van der Waals surface area contributed by atoms with Crippen LogP contribution in [0.4, 0.5) is 0 Å². The summed E-state index contributed by atoms with van der Waals surface area (Å²) in [5.74, 6) is 1.18. The Morgan fingerprint density at radius 1 is 1.13 bits per heavy atom. The highest BCUT2D eigenvalue weighted by atomic mass is 16.5. The smallest absolute Gasteiger partial charge is 0.123 e. The van der Waals surface area contributed by atoms with E-state index in [1.165, 1.54) is 29.5 Å². The van der Waals surface area contributed by atoms with Gasteiger partial charge in [-0.3, -0.25) is 0 Å². The fraction of sp³-hybridized carbons (Fsp3) is 0.667. The first-order valence-electron chi connectivity index (χ1n) is 8.98. The van der Waals surface area contributed by atoms with Crippen LogP contribution in [-0.4, -0.2) is 12.9 Å². The maximum Gasteiger partial charge on any atom is 0.123 e. The summed E-state index contributed by atoms with van der Waals surface area (Å²) in [4.78, 5) is 11.0. The van der Waals surface area contributed by atoms with Crippen molar-refractivity contribution in [3.8, 4) is 5.75 Å². The Labute approximate surface area is 141 Å². The third-order valence-corrected chi connectivity index (χ3v) is 5.43. The highest BCUT2D eigenvalue weighted by Crippen LogP contribution is 2.48. The van der Waals surface area contributed by atoms with Crippen LogP contribution in [0.2, 0.25) is 0 Å². The second kappa shape index (κ2) is 6.67. The molecule has 1 aromatic carbocycles. The van der Waals surface area contributed by atoms with Crippen LogP contribution in [0.3, 0.4) is 0 Å². The van der Waals surface area contributed by atoms with Gasteiger partial charge in [0.2, 0.25) is 0 Å². The second-order valence-corrected chi connectivity index (χ2v) is 8.36. The zero-order valence-corrected chi connectivity index (χ0v) is 15.7. The third-order valence-electron chi connectivity index (χ3n) is 5.43. The van der Waals surface area contributed by atoms with E-state index < -0.39 is 0 Å². The van der Waals surface area contributed by atoms with Gasteiger partial charge in [-0.2, -0.15) is 0 Å². The molecular weight excluding hydrogens is 284 g/mol. The number of carbonyl (C=O) groups is 1. The molecule has 0 aromatic heterocycles. The van der Waals surface area contributed by atoms with Gasteiger partial charge in [0.15, 0.2) is 0 Å². The van der Waals surface area contributed by atoms with Gasteiger partial charge in [0.05, 0.1) is 6.61 Å². The summed E-state index contributed by atoms with van der Waals surface area (Å²) in [7, 11) is 0. The normalized spacial score (nSPS) is 19.7. The van der Waals surface area contributed by atoms with E-state index in [2.05, 4.69) is 53.7 Å². The topological polar surface area (TPSA) is 26.3 Å². The Balaban J connectivity index is 2.60. The minimum atomic E-state index is 0.182. The molecule has 1 aromatic rings. The minimum Gasteiger partial charge on any atom is -0.493 e. The number of hydrogen-bond donors (Lipinski definition) is 0. The summed E-state index contributed by atoms with van der Waals surface area (Å²) >= 11 is 0. The molecule has 1 atom stereocenters. The molecule has 0 bridgehead atoms. The Hall–Kier alpha value is -1.31. The van der Waals surface area contributed by atoms with Gasteiger partial charge in [0, 0.05) is 6.42 Å². The number of hydrogen-bond acceptors (Lipinski definition) is 2. The number of ether oxygens (including phenoxy) is 1. The highest BCUT2D eigenvalue weighted by molar-refractivity contribution is 5.55. The average molecular weight is 316 g/mol. The molecule has 2 nitrogen and oxygen atoms in total. The zero-order chi connectivity index (χ0) is 17.3. The molecule has 0 heterocycles. The van der Waals surface area contributed by atoms with Crippen LogP contribution in [0.5, 0.6) is 5.75 Å². The molecule has 1 aliphatic carbocycles. The van der Waals surface area contributed by atoms with E-state index in [1.54, 1.807) is 0 Å². The van der Waals surface area contributed by atoms with Crippen LogP contribution < -0.4 is 4.74 Å². The SMILES string of the molecule is CCCOc1cc2c(cc1C(C)CC=O)C(C)(C)CCC2(C)C. The number of rotatable bonds is 6. The Kier molecular flexibility index (Phi) is 5.23. The van der Waals surface area contributed by atoms with Crippen molar-refractivity contribution < 1.29 is 9.53 Å². The van der Waals surface area contributed by atoms with Crippen molar-refractivity contribution in [2.45, 2.75) is 84.0 Å². The number of fused-ring (bicyclic) bond motifs is 1. The molecule has 1 aliphatic rings. The standard InChI is InChI=1S/C21H32O2/c1-7-12-23-19-14-18-17(13-16(19)15(2)8-11-22)20(3,4)9-10-21(18,5)6/h11,13-15H,7-10,12H2,1-6H3. The van der Waals surface area contributed by atoms with E-state index in [-0.39, 0.29) is 16.7 Å². The first-order chi connectivity index (χ1) is 10.7. The molecule has 0 saturated heterocycles. The van der Waals surface area contributed by atoms with Crippen LogP contribution in [0, 0.1) is 0 Å². The third kappa shape index (κ3) is 3.62. The first kappa shape index (κ1) is 18.0. The van der Waals surface area contributed by atoms with Gasteiger partial charge in [-0.15, -0.1) is 0 Å². The summed E-state index contributed by atoms with van der Waals surface area (Å²) in [6.07, 6.45) is 4.95. The maximum absolute atomic E-state index is 11.0. The quantitative estimate of drug-likeness (QED) is 0.646. The Morgan fingerprint density at radius 2 is 1.70 bits per heavy atom. The lowest BCUT2D eigenvalue weighted by atomic mass is 9.62. The lowest BCUT2D eigenvalue weighted by Crippen LogP contribution is -2.34. The molecule has 2 heteroatoms. The van der Waals surface area contributed by atoms with E-state index in [0.717, 1.165) is 25.1 Å². The summed E-state index contributed by atoms with van der Waals surface area (Å²) in [5.41, 5.74) is 4.41. The molecule has 0 saturated carbocycles. The van der Waals surface area contributed by atoms with Crippen LogP contribution in [0.15, 0.2) is 12.1 Å². The van der Waals surface area contributed by atoms with E-state index >= 15 is 0 Å². The first-order valence-corrected chi connectivity index (χ1v) is 8.98. The monoisotopic (exact) mass is 316 g/mol. The summed E-state index contributed by atoms with van der Waals surface area (Å²) in [6, 6.07) is 4.60. The summed E-state index contributed by atoms with van der Waals surface area (Å²) in [5, 5.41) is 0. The van der Waals surface area contributed by atoms with Crippen LogP contribution in [0.1, 0.15) is 89.8 Å². The van der Waals surface area contributed by atoms with Gasteiger partial charge in [-0.1, -0.05) is 47.6 Å². The van der Waals surface area contributed by atoms with Gasteiger partial charge in [0.1, 0.15) is 12.0 Å². The molecule has 0 N–H and O–H groups in total. The van der Waals surface area contributed by atoms with Crippen molar-refractivity contribution in [1.82, 2.24) is 0 Å². The average Bonchev–Trinajstić information content (AvgIpc) is 2.49. The van der Waals surface area contributed by atoms with E-state index in [9.17, 15) is 4.79 Å².